The molecule has 1 amide bonds. The number of carbonyl (C=O) groups is 1. The quantitative estimate of drug-likeness (QED) is 0.592. The zero-order valence-electron chi connectivity index (χ0n) is 21.1. The Balaban J connectivity index is 1.57. The number of amides is 1. The number of para-hydroxylation sites is 1. The second kappa shape index (κ2) is 9.01. The molecule has 2 fully saturated rings. The normalized spacial score (nSPS) is 31.3. The predicted octanol–water partition coefficient (Wildman–Crippen LogP) is 6.07. The summed E-state index contributed by atoms with van der Waals surface area (Å²) in [7, 11) is 0. The summed E-state index contributed by atoms with van der Waals surface area (Å²) < 4.78 is 19.0. The first-order chi connectivity index (χ1) is 15.5. The van der Waals surface area contributed by atoms with Crippen molar-refractivity contribution in [2.75, 3.05) is 13.1 Å². The molecule has 0 aliphatic carbocycles. The Bertz CT molecular complexity index is 863. The van der Waals surface area contributed by atoms with Gasteiger partial charge in [-0.25, -0.2) is 4.79 Å². The van der Waals surface area contributed by atoms with Gasteiger partial charge in [-0.3, -0.25) is 0 Å². The van der Waals surface area contributed by atoms with Gasteiger partial charge in [-0.2, -0.15) is 0 Å². The van der Waals surface area contributed by atoms with Gasteiger partial charge < -0.3 is 24.2 Å². The van der Waals surface area contributed by atoms with Gasteiger partial charge in [0.05, 0.1) is 12.2 Å². The second-order valence-corrected chi connectivity index (χ2v) is 11.8. The van der Waals surface area contributed by atoms with E-state index in [4.69, 9.17) is 14.2 Å². The molecule has 1 aromatic carbocycles. The number of benzene rings is 1. The summed E-state index contributed by atoms with van der Waals surface area (Å²) >= 11 is 0. The number of fused-ring (bicyclic) bond motifs is 4. The molecule has 0 unspecified atom stereocenters. The van der Waals surface area contributed by atoms with Crippen LogP contribution < -0.4 is 4.74 Å². The first-order valence-corrected chi connectivity index (χ1v) is 12.6. The lowest BCUT2D eigenvalue weighted by Gasteiger charge is -2.54. The molecule has 184 valence electrons. The molecule has 6 nitrogen and oxygen atoms in total. The van der Waals surface area contributed by atoms with E-state index < -0.39 is 11.2 Å². The minimum atomic E-state index is -0.500. The van der Waals surface area contributed by atoms with E-state index in [1.54, 1.807) is 6.07 Å². The standard InChI is InChI=1S/C27H41NO5/c1-17(2)9-8-13-27(6)20-15-18-16-28(25(30)33-26(3,4)5)14-12-22(18)31-23(20)19-10-7-11-21(29)24(19)32-27/h7,10-11,17-18,20,22-23,29H,8-9,12-16H2,1-6H3/t18-,20-,22-,23+,27-/m1/s1. The number of aromatic hydroxyl groups is 1. The molecule has 3 aliphatic heterocycles. The number of rotatable bonds is 4. The van der Waals surface area contributed by atoms with Crippen molar-refractivity contribution in [1.82, 2.24) is 4.90 Å². The first-order valence-electron chi connectivity index (χ1n) is 12.6. The summed E-state index contributed by atoms with van der Waals surface area (Å²) in [6.45, 7) is 13.7. The van der Waals surface area contributed by atoms with E-state index in [0.29, 0.717) is 24.8 Å². The van der Waals surface area contributed by atoms with E-state index in [2.05, 4.69) is 20.8 Å². The fraction of sp³-hybridized carbons (Fsp3) is 0.741. The van der Waals surface area contributed by atoms with Crippen LogP contribution in [0.15, 0.2) is 18.2 Å². The lowest BCUT2D eigenvalue weighted by Crippen LogP contribution is -2.57. The third-order valence-electron chi connectivity index (χ3n) is 7.46. The van der Waals surface area contributed by atoms with E-state index >= 15 is 0 Å². The van der Waals surface area contributed by atoms with Crippen LogP contribution >= 0.6 is 0 Å². The van der Waals surface area contributed by atoms with Crippen LogP contribution in [0.1, 0.15) is 85.3 Å². The van der Waals surface area contributed by atoms with Crippen molar-refractivity contribution in [3.05, 3.63) is 23.8 Å². The Labute approximate surface area is 198 Å². The average molecular weight is 460 g/mol. The molecule has 0 saturated carbocycles. The molecule has 5 atom stereocenters. The molecule has 0 radical (unpaired) electrons. The number of hydrogen-bond acceptors (Lipinski definition) is 5. The van der Waals surface area contributed by atoms with Gasteiger partial charge in [-0.1, -0.05) is 32.4 Å². The SMILES string of the molecule is CC(C)CCC[C@@]1(C)Oc2c(O)cccc2[C@@H]2O[C@@H]3CCN(C(=O)OC(C)(C)C)C[C@H]3C[C@H]21. The highest BCUT2D eigenvalue weighted by molar-refractivity contribution is 5.68. The van der Waals surface area contributed by atoms with E-state index in [-0.39, 0.29) is 35.9 Å². The van der Waals surface area contributed by atoms with Crippen LogP contribution in [0.5, 0.6) is 11.5 Å². The largest absolute Gasteiger partial charge is 0.504 e. The minimum absolute atomic E-state index is 0.0955. The highest BCUT2D eigenvalue weighted by Gasteiger charge is 2.53. The molecule has 6 heteroatoms. The van der Waals surface area contributed by atoms with Crippen molar-refractivity contribution in [2.24, 2.45) is 17.8 Å². The summed E-state index contributed by atoms with van der Waals surface area (Å²) in [6, 6.07) is 5.59. The molecule has 3 aliphatic rings. The van der Waals surface area contributed by atoms with Crippen LogP contribution in [0.25, 0.3) is 0 Å². The van der Waals surface area contributed by atoms with Crippen LogP contribution in [0, 0.1) is 17.8 Å². The molecule has 2 saturated heterocycles. The third-order valence-corrected chi connectivity index (χ3v) is 7.46. The molecule has 0 bridgehead atoms. The molecular formula is C27H41NO5. The maximum Gasteiger partial charge on any atom is 0.410 e. The number of piperidine rings is 1. The summed E-state index contributed by atoms with van der Waals surface area (Å²) in [6.07, 6.45) is 4.61. The number of hydrogen-bond donors (Lipinski definition) is 1. The van der Waals surface area contributed by atoms with Crippen molar-refractivity contribution in [2.45, 2.75) is 97.1 Å². The Kier molecular flexibility index (Phi) is 6.60. The van der Waals surface area contributed by atoms with Crippen molar-refractivity contribution >= 4 is 6.09 Å². The van der Waals surface area contributed by atoms with E-state index in [1.807, 2.05) is 37.8 Å². The van der Waals surface area contributed by atoms with Crippen LogP contribution in [-0.4, -0.2) is 46.5 Å². The van der Waals surface area contributed by atoms with Crippen molar-refractivity contribution in [3.8, 4) is 11.5 Å². The summed E-state index contributed by atoms with van der Waals surface area (Å²) in [5.41, 5.74) is 0.0271. The molecule has 1 N–H and O–H groups in total. The third kappa shape index (κ3) is 5.11. The van der Waals surface area contributed by atoms with Crippen molar-refractivity contribution < 1.29 is 24.1 Å². The molecule has 1 aromatic rings. The Morgan fingerprint density at radius 3 is 2.79 bits per heavy atom. The predicted molar refractivity (Wildman–Crippen MR) is 127 cm³/mol. The number of nitrogens with zero attached hydrogens (tertiary/aromatic N) is 1. The van der Waals surface area contributed by atoms with Crippen LogP contribution in [0.4, 0.5) is 4.79 Å². The highest BCUT2D eigenvalue weighted by Crippen LogP contribution is 2.56. The molecule has 0 spiro atoms. The number of carbonyl (C=O) groups excluding carboxylic acids is 1. The van der Waals surface area contributed by atoms with Crippen LogP contribution in [0.2, 0.25) is 0 Å². The fourth-order valence-corrected chi connectivity index (χ4v) is 5.78. The molecule has 4 rings (SSSR count). The zero-order chi connectivity index (χ0) is 24.0. The van der Waals surface area contributed by atoms with E-state index in [0.717, 1.165) is 37.7 Å². The highest BCUT2D eigenvalue weighted by atomic mass is 16.6. The Hall–Kier alpha value is -1.95. The van der Waals surface area contributed by atoms with E-state index in [1.165, 1.54) is 0 Å². The topological polar surface area (TPSA) is 68.2 Å². The van der Waals surface area contributed by atoms with Crippen LogP contribution in [0.3, 0.4) is 0 Å². The van der Waals surface area contributed by atoms with Gasteiger partial charge in [0.1, 0.15) is 11.2 Å². The number of likely N-dealkylation sites (tertiary alicyclic amines) is 1. The first kappa shape index (κ1) is 24.2. The zero-order valence-corrected chi connectivity index (χ0v) is 21.1. The number of phenolic OH excluding ortho intramolecular Hbond substituents is 1. The fourth-order valence-electron chi connectivity index (χ4n) is 5.78. The van der Waals surface area contributed by atoms with Gasteiger partial charge >= 0.3 is 6.09 Å². The van der Waals surface area contributed by atoms with Crippen molar-refractivity contribution in [3.63, 3.8) is 0 Å². The number of ether oxygens (including phenoxy) is 3. The molecular weight excluding hydrogens is 418 g/mol. The van der Waals surface area contributed by atoms with Gasteiger partial charge in [-0.05, 0) is 65.4 Å². The minimum Gasteiger partial charge on any atom is -0.504 e. The second-order valence-electron chi connectivity index (χ2n) is 11.8. The lowest BCUT2D eigenvalue weighted by molar-refractivity contribution is -0.191. The summed E-state index contributed by atoms with van der Waals surface area (Å²) in [5, 5.41) is 10.6. The van der Waals surface area contributed by atoms with Gasteiger partial charge in [0.2, 0.25) is 0 Å². The van der Waals surface area contributed by atoms with Gasteiger partial charge in [0.25, 0.3) is 0 Å². The summed E-state index contributed by atoms with van der Waals surface area (Å²) in [4.78, 5) is 14.6. The maximum absolute atomic E-state index is 12.7. The molecule has 0 aromatic heterocycles. The van der Waals surface area contributed by atoms with E-state index in [9.17, 15) is 9.90 Å². The Morgan fingerprint density at radius 1 is 1.33 bits per heavy atom. The molecule has 3 heterocycles. The lowest BCUT2D eigenvalue weighted by atomic mass is 9.68. The summed E-state index contributed by atoms with van der Waals surface area (Å²) in [5.74, 6) is 1.82. The average Bonchev–Trinajstić information content (AvgIpc) is 2.72. The Morgan fingerprint density at radius 2 is 2.09 bits per heavy atom. The molecule has 33 heavy (non-hydrogen) atoms. The monoisotopic (exact) mass is 459 g/mol. The number of phenols is 1. The van der Waals surface area contributed by atoms with Gasteiger partial charge in [0, 0.05) is 30.5 Å². The smallest absolute Gasteiger partial charge is 0.410 e. The van der Waals surface area contributed by atoms with Gasteiger partial charge in [-0.15, -0.1) is 0 Å². The van der Waals surface area contributed by atoms with Crippen molar-refractivity contribution in [1.29, 1.82) is 0 Å². The van der Waals surface area contributed by atoms with Crippen LogP contribution in [-0.2, 0) is 9.47 Å². The maximum atomic E-state index is 12.7. The van der Waals surface area contributed by atoms with Gasteiger partial charge in [0.15, 0.2) is 11.5 Å².